The highest BCUT2D eigenvalue weighted by Crippen LogP contribution is 2.25. The van der Waals surface area contributed by atoms with Crippen LogP contribution in [0.15, 0.2) is 56.8 Å². The van der Waals surface area contributed by atoms with Crippen LogP contribution in [0.25, 0.3) is 10.2 Å². The Labute approximate surface area is 144 Å². The van der Waals surface area contributed by atoms with Gasteiger partial charge in [0.1, 0.15) is 0 Å². The van der Waals surface area contributed by atoms with Crippen molar-refractivity contribution in [1.29, 1.82) is 0 Å². The minimum absolute atomic E-state index is 0.205. The predicted molar refractivity (Wildman–Crippen MR) is 96.6 cm³/mol. The number of benzene rings is 2. The zero-order valence-electron chi connectivity index (χ0n) is 12.0. The van der Waals surface area contributed by atoms with Crippen LogP contribution in [0.3, 0.4) is 0 Å². The van der Waals surface area contributed by atoms with Gasteiger partial charge in [-0.15, -0.1) is 11.8 Å². The van der Waals surface area contributed by atoms with E-state index in [1.165, 1.54) is 11.3 Å². The number of carbonyl (C=O) groups is 1. The molecule has 1 aromatic heterocycles. The lowest BCUT2D eigenvalue weighted by Crippen LogP contribution is -2.13. The minimum atomic E-state index is -0.205. The summed E-state index contributed by atoms with van der Waals surface area (Å²) in [6.45, 7) is 0. The first-order valence-corrected chi connectivity index (χ1v) is 9.41. The van der Waals surface area contributed by atoms with Crippen LogP contribution in [-0.2, 0) is 7.05 Å². The summed E-state index contributed by atoms with van der Waals surface area (Å²) in [6.07, 6.45) is 1.96. The van der Waals surface area contributed by atoms with Gasteiger partial charge in [0, 0.05) is 16.4 Å². The van der Waals surface area contributed by atoms with E-state index in [-0.39, 0.29) is 5.91 Å². The Morgan fingerprint density at radius 3 is 2.73 bits per heavy atom. The van der Waals surface area contributed by atoms with Crippen molar-refractivity contribution >= 4 is 55.2 Å². The van der Waals surface area contributed by atoms with Gasteiger partial charge in [0.05, 0.1) is 15.8 Å². The molecule has 0 spiro atoms. The molecule has 0 aliphatic rings. The van der Waals surface area contributed by atoms with Crippen molar-refractivity contribution < 1.29 is 4.79 Å². The highest BCUT2D eigenvalue weighted by molar-refractivity contribution is 9.10. The van der Waals surface area contributed by atoms with Crippen LogP contribution in [0, 0.1) is 0 Å². The average molecular weight is 393 g/mol. The van der Waals surface area contributed by atoms with Crippen molar-refractivity contribution in [2.24, 2.45) is 12.0 Å². The molecule has 6 heteroatoms. The SMILES string of the molecule is CSc1ccccc1C(=O)N=c1sc2cccc(Br)c2n1C. The molecule has 112 valence electrons. The summed E-state index contributed by atoms with van der Waals surface area (Å²) in [5.41, 5.74) is 1.70. The number of hydrogen-bond acceptors (Lipinski definition) is 3. The maximum atomic E-state index is 12.5. The van der Waals surface area contributed by atoms with E-state index in [0.717, 1.165) is 19.6 Å². The van der Waals surface area contributed by atoms with Gasteiger partial charge in [-0.2, -0.15) is 4.99 Å². The Balaban J connectivity index is 2.15. The van der Waals surface area contributed by atoms with Gasteiger partial charge in [-0.05, 0) is 46.5 Å². The molecule has 3 aromatic rings. The summed E-state index contributed by atoms with van der Waals surface area (Å²) >= 11 is 6.62. The smallest absolute Gasteiger partial charge is 0.280 e. The summed E-state index contributed by atoms with van der Waals surface area (Å²) in [6, 6.07) is 13.6. The van der Waals surface area contributed by atoms with Crippen LogP contribution in [0.5, 0.6) is 0 Å². The summed E-state index contributed by atoms with van der Waals surface area (Å²) in [7, 11) is 1.93. The number of rotatable bonds is 2. The van der Waals surface area contributed by atoms with E-state index < -0.39 is 0 Å². The first kappa shape index (κ1) is 15.5. The molecule has 0 aliphatic carbocycles. The van der Waals surface area contributed by atoms with E-state index in [9.17, 15) is 4.79 Å². The lowest BCUT2D eigenvalue weighted by Gasteiger charge is -2.02. The number of thioether (sulfide) groups is 1. The molecule has 0 bridgehead atoms. The van der Waals surface area contributed by atoms with Crippen LogP contribution in [-0.4, -0.2) is 16.7 Å². The Kier molecular flexibility index (Phi) is 4.52. The second-order valence-electron chi connectivity index (χ2n) is 4.65. The molecule has 3 rings (SSSR count). The molecule has 1 amide bonds. The van der Waals surface area contributed by atoms with Gasteiger partial charge in [0.15, 0.2) is 4.80 Å². The third-order valence-electron chi connectivity index (χ3n) is 3.31. The van der Waals surface area contributed by atoms with Crippen LogP contribution >= 0.6 is 39.0 Å². The molecule has 0 fully saturated rings. The monoisotopic (exact) mass is 392 g/mol. The summed E-state index contributed by atoms with van der Waals surface area (Å²) in [5, 5.41) is 0. The number of halogens is 1. The number of para-hydroxylation sites is 1. The van der Waals surface area contributed by atoms with Crippen molar-refractivity contribution in [3.63, 3.8) is 0 Å². The van der Waals surface area contributed by atoms with E-state index >= 15 is 0 Å². The molecule has 0 aliphatic heterocycles. The number of fused-ring (bicyclic) bond motifs is 1. The Hall–Kier alpha value is -1.37. The van der Waals surface area contributed by atoms with Crippen molar-refractivity contribution in [3.05, 3.63) is 57.3 Å². The van der Waals surface area contributed by atoms with E-state index in [0.29, 0.717) is 10.4 Å². The zero-order valence-corrected chi connectivity index (χ0v) is 15.3. The van der Waals surface area contributed by atoms with Crippen molar-refractivity contribution in [3.8, 4) is 0 Å². The van der Waals surface area contributed by atoms with E-state index in [1.807, 2.05) is 60.3 Å². The molecule has 0 unspecified atom stereocenters. The normalized spacial score (nSPS) is 12.0. The van der Waals surface area contributed by atoms with E-state index in [4.69, 9.17) is 0 Å². The van der Waals surface area contributed by atoms with Gasteiger partial charge in [-0.25, -0.2) is 0 Å². The lowest BCUT2D eigenvalue weighted by atomic mass is 10.2. The maximum absolute atomic E-state index is 12.5. The zero-order chi connectivity index (χ0) is 15.7. The van der Waals surface area contributed by atoms with E-state index in [1.54, 1.807) is 11.8 Å². The number of hydrogen-bond donors (Lipinski definition) is 0. The van der Waals surface area contributed by atoms with Gasteiger partial charge >= 0.3 is 0 Å². The molecule has 0 radical (unpaired) electrons. The molecular formula is C16H13BrN2OS2. The summed E-state index contributed by atoms with van der Waals surface area (Å²) < 4.78 is 4.05. The van der Waals surface area contributed by atoms with Crippen LogP contribution in [0.2, 0.25) is 0 Å². The van der Waals surface area contributed by atoms with Gasteiger partial charge in [-0.3, -0.25) is 4.79 Å². The Bertz CT molecular complexity index is 927. The van der Waals surface area contributed by atoms with Gasteiger partial charge in [0.25, 0.3) is 5.91 Å². The van der Waals surface area contributed by atoms with E-state index in [2.05, 4.69) is 20.9 Å². The molecule has 0 atom stereocenters. The molecule has 0 saturated carbocycles. The minimum Gasteiger partial charge on any atom is -0.318 e. The topological polar surface area (TPSA) is 34.4 Å². The largest absolute Gasteiger partial charge is 0.318 e. The number of aromatic nitrogens is 1. The molecule has 0 saturated heterocycles. The summed E-state index contributed by atoms with van der Waals surface area (Å²) in [4.78, 5) is 18.5. The first-order chi connectivity index (χ1) is 10.6. The maximum Gasteiger partial charge on any atom is 0.280 e. The molecule has 0 N–H and O–H groups in total. The number of carbonyl (C=O) groups excluding carboxylic acids is 1. The molecule has 2 aromatic carbocycles. The van der Waals surface area contributed by atoms with Gasteiger partial charge in [0.2, 0.25) is 0 Å². The third kappa shape index (κ3) is 2.78. The van der Waals surface area contributed by atoms with Crippen molar-refractivity contribution in [1.82, 2.24) is 4.57 Å². The summed E-state index contributed by atoms with van der Waals surface area (Å²) in [5.74, 6) is -0.205. The van der Waals surface area contributed by atoms with Crippen LogP contribution in [0.1, 0.15) is 10.4 Å². The highest BCUT2D eigenvalue weighted by atomic mass is 79.9. The second kappa shape index (κ2) is 6.40. The fraction of sp³-hybridized carbons (Fsp3) is 0.125. The fourth-order valence-corrected chi connectivity index (χ4v) is 4.63. The fourth-order valence-electron chi connectivity index (χ4n) is 2.23. The van der Waals surface area contributed by atoms with Crippen molar-refractivity contribution in [2.75, 3.05) is 6.26 Å². The third-order valence-corrected chi connectivity index (χ3v) is 5.84. The lowest BCUT2D eigenvalue weighted by molar-refractivity contribution is 0.0995. The van der Waals surface area contributed by atoms with Gasteiger partial charge in [-0.1, -0.05) is 29.5 Å². The Morgan fingerprint density at radius 2 is 2.00 bits per heavy atom. The average Bonchev–Trinajstić information content (AvgIpc) is 2.84. The van der Waals surface area contributed by atoms with Gasteiger partial charge < -0.3 is 4.57 Å². The number of aryl methyl sites for hydroxylation is 1. The quantitative estimate of drug-likeness (QED) is 0.603. The predicted octanol–water partition coefficient (Wildman–Crippen LogP) is 4.47. The van der Waals surface area contributed by atoms with Crippen molar-refractivity contribution in [2.45, 2.75) is 4.90 Å². The Morgan fingerprint density at radius 1 is 1.23 bits per heavy atom. The molecule has 3 nitrogen and oxygen atoms in total. The van der Waals surface area contributed by atoms with Crippen LogP contribution in [0.4, 0.5) is 0 Å². The second-order valence-corrected chi connectivity index (χ2v) is 7.36. The highest BCUT2D eigenvalue weighted by Gasteiger charge is 2.11. The molecular weight excluding hydrogens is 380 g/mol. The van der Waals surface area contributed by atoms with Crippen LogP contribution < -0.4 is 4.80 Å². The standard InChI is InChI=1S/C16H13BrN2OS2/c1-19-14-11(17)7-5-9-13(14)22-16(19)18-15(20)10-6-3-4-8-12(10)21-2/h3-9H,1-2H3. The molecule has 1 heterocycles. The molecule has 22 heavy (non-hydrogen) atoms. The number of nitrogens with zero attached hydrogens (tertiary/aromatic N) is 2. The number of thiazole rings is 1. The number of amides is 1. The first-order valence-electron chi connectivity index (χ1n) is 6.58.